The first-order valence-electron chi connectivity index (χ1n) is 6.51. The Bertz CT molecular complexity index is 401. The standard InChI is InChI=1S/C15H21FO2/c1-4-6-7-11(5-2)15(17)13-9-8-12(16)10-14(13)18-3/h8-11H,4-7H2,1-3H3. The van der Waals surface area contributed by atoms with Gasteiger partial charge in [-0.25, -0.2) is 4.39 Å². The van der Waals surface area contributed by atoms with E-state index in [9.17, 15) is 9.18 Å². The first kappa shape index (κ1) is 14.7. The summed E-state index contributed by atoms with van der Waals surface area (Å²) in [6.45, 7) is 4.11. The highest BCUT2D eigenvalue weighted by molar-refractivity contribution is 6.00. The molecule has 0 fully saturated rings. The minimum atomic E-state index is -0.384. The van der Waals surface area contributed by atoms with E-state index in [0.717, 1.165) is 25.7 Å². The fourth-order valence-corrected chi connectivity index (χ4v) is 2.06. The number of methoxy groups -OCH3 is 1. The molecule has 2 nitrogen and oxygen atoms in total. The molecule has 0 aliphatic rings. The summed E-state index contributed by atoms with van der Waals surface area (Å²) < 4.78 is 18.2. The van der Waals surface area contributed by atoms with Gasteiger partial charge in [0.2, 0.25) is 0 Å². The predicted octanol–water partition coefficient (Wildman–Crippen LogP) is 4.23. The molecule has 18 heavy (non-hydrogen) atoms. The zero-order chi connectivity index (χ0) is 13.5. The number of rotatable bonds is 7. The molecule has 0 bridgehead atoms. The van der Waals surface area contributed by atoms with Gasteiger partial charge in [0, 0.05) is 12.0 Å². The molecular formula is C15H21FO2. The fraction of sp³-hybridized carbons (Fsp3) is 0.533. The van der Waals surface area contributed by atoms with Crippen LogP contribution in [0.5, 0.6) is 5.75 Å². The van der Waals surface area contributed by atoms with Crippen LogP contribution < -0.4 is 4.74 Å². The summed E-state index contributed by atoms with van der Waals surface area (Å²) in [5, 5.41) is 0. The van der Waals surface area contributed by atoms with Gasteiger partial charge in [0.25, 0.3) is 0 Å². The number of unbranched alkanes of at least 4 members (excludes halogenated alkanes) is 1. The lowest BCUT2D eigenvalue weighted by Gasteiger charge is -2.15. The van der Waals surface area contributed by atoms with Crippen molar-refractivity contribution in [1.82, 2.24) is 0 Å². The van der Waals surface area contributed by atoms with E-state index in [1.165, 1.54) is 25.3 Å². The molecule has 0 aromatic heterocycles. The van der Waals surface area contributed by atoms with Gasteiger partial charge in [-0.1, -0.05) is 26.7 Å². The zero-order valence-electron chi connectivity index (χ0n) is 11.3. The number of carbonyl (C=O) groups is 1. The smallest absolute Gasteiger partial charge is 0.169 e. The summed E-state index contributed by atoms with van der Waals surface area (Å²) >= 11 is 0. The summed E-state index contributed by atoms with van der Waals surface area (Å²) in [5.74, 6) is 0.00654. The van der Waals surface area contributed by atoms with Crippen molar-refractivity contribution in [3.63, 3.8) is 0 Å². The van der Waals surface area contributed by atoms with E-state index in [2.05, 4.69) is 6.92 Å². The molecular weight excluding hydrogens is 231 g/mol. The van der Waals surface area contributed by atoms with Crippen LogP contribution in [0.2, 0.25) is 0 Å². The van der Waals surface area contributed by atoms with Crippen LogP contribution in [0, 0.1) is 11.7 Å². The molecule has 0 heterocycles. The lowest BCUT2D eigenvalue weighted by molar-refractivity contribution is 0.0905. The zero-order valence-corrected chi connectivity index (χ0v) is 11.3. The van der Waals surface area contributed by atoms with E-state index in [0.29, 0.717) is 11.3 Å². The molecule has 100 valence electrons. The Balaban J connectivity index is 2.93. The molecule has 1 aromatic rings. The average molecular weight is 252 g/mol. The number of halogens is 1. The third-order valence-corrected chi connectivity index (χ3v) is 3.20. The molecule has 0 saturated heterocycles. The molecule has 0 saturated carbocycles. The van der Waals surface area contributed by atoms with Crippen molar-refractivity contribution in [2.45, 2.75) is 39.5 Å². The van der Waals surface area contributed by atoms with Crippen molar-refractivity contribution < 1.29 is 13.9 Å². The van der Waals surface area contributed by atoms with Crippen LogP contribution in [0.4, 0.5) is 4.39 Å². The van der Waals surface area contributed by atoms with Crippen LogP contribution in [0.1, 0.15) is 49.9 Å². The molecule has 3 heteroatoms. The van der Waals surface area contributed by atoms with Crippen molar-refractivity contribution in [3.8, 4) is 5.75 Å². The highest BCUT2D eigenvalue weighted by Gasteiger charge is 2.21. The summed E-state index contributed by atoms with van der Waals surface area (Å²) in [7, 11) is 1.46. The number of ether oxygens (including phenoxy) is 1. The molecule has 1 atom stereocenters. The molecule has 0 amide bonds. The molecule has 0 aliphatic heterocycles. The Morgan fingerprint density at radius 2 is 2.11 bits per heavy atom. The van der Waals surface area contributed by atoms with Crippen LogP contribution in [-0.2, 0) is 0 Å². The Labute approximate surface area is 108 Å². The Morgan fingerprint density at radius 3 is 2.67 bits per heavy atom. The van der Waals surface area contributed by atoms with E-state index in [-0.39, 0.29) is 17.5 Å². The van der Waals surface area contributed by atoms with Gasteiger partial charge < -0.3 is 4.74 Å². The molecule has 1 unspecified atom stereocenters. The molecule has 1 rings (SSSR count). The maximum Gasteiger partial charge on any atom is 0.169 e. The van der Waals surface area contributed by atoms with Crippen LogP contribution in [0.15, 0.2) is 18.2 Å². The van der Waals surface area contributed by atoms with Gasteiger partial charge in [0.05, 0.1) is 12.7 Å². The van der Waals surface area contributed by atoms with Gasteiger partial charge in [-0.05, 0) is 25.0 Å². The minimum Gasteiger partial charge on any atom is -0.496 e. The normalized spacial score (nSPS) is 12.2. The minimum absolute atomic E-state index is 0.00399. The number of hydrogen-bond acceptors (Lipinski definition) is 2. The number of ketones is 1. The second-order valence-corrected chi connectivity index (χ2v) is 4.46. The summed E-state index contributed by atoms with van der Waals surface area (Å²) in [6.07, 6.45) is 3.80. The lowest BCUT2D eigenvalue weighted by Crippen LogP contribution is -2.15. The van der Waals surface area contributed by atoms with E-state index >= 15 is 0 Å². The SMILES string of the molecule is CCCCC(CC)C(=O)c1ccc(F)cc1OC. The molecule has 1 aromatic carbocycles. The van der Waals surface area contributed by atoms with E-state index < -0.39 is 0 Å². The number of carbonyl (C=O) groups excluding carboxylic acids is 1. The Morgan fingerprint density at radius 1 is 1.39 bits per heavy atom. The van der Waals surface area contributed by atoms with Gasteiger partial charge in [-0.2, -0.15) is 0 Å². The summed E-state index contributed by atoms with van der Waals surface area (Å²) in [6, 6.07) is 4.09. The van der Waals surface area contributed by atoms with Gasteiger partial charge in [-0.3, -0.25) is 4.79 Å². The van der Waals surface area contributed by atoms with Crippen molar-refractivity contribution in [3.05, 3.63) is 29.6 Å². The predicted molar refractivity (Wildman–Crippen MR) is 70.6 cm³/mol. The molecule has 0 N–H and O–H groups in total. The average Bonchev–Trinajstić information content (AvgIpc) is 2.39. The largest absolute Gasteiger partial charge is 0.496 e. The Kier molecular flexibility index (Phi) is 5.83. The van der Waals surface area contributed by atoms with E-state index in [1.54, 1.807) is 0 Å². The van der Waals surface area contributed by atoms with Crippen LogP contribution >= 0.6 is 0 Å². The molecule has 0 radical (unpaired) electrons. The number of Topliss-reactive ketones (excluding diaryl/α,β-unsaturated/α-hetero) is 1. The van der Waals surface area contributed by atoms with Gasteiger partial charge in [0.1, 0.15) is 11.6 Å². The monoisotopic (exact) mass is 252 g/mol. The van der Waals surface area contributed by atoms with Crippen molar-refractivity contribution >= 4 is 5.78 Å². The maximum atomic E-state index is 13.1. The molecule has 0 spiro atoms. The first-order valence-corrected chi connectivity index (χ1v) is 6.51. The van der Waals surface area contributed by atoms with Gasteiger partial charge in [0.15, 0.2) is 5.78 Å². The van der Waals surface area contributed by atoms with E-state index in [4.69, 9.17) is 4.74 Å². The van der Waals surface area contributed by atoms with Crippen molar-refractivity contribution in [2.24, 2.45) is 5.92 Å². The lowest BCUT2D eigenvalue weighted by atomic mass is 9.90. The Hall–Kier alpha value is -1.38. The number of benzene rings is 1. The highest BCUT2D eigenvalue weighted by Crippen LogP contribution is 2.26. The second-order valence-electron chi connectivity index (χ2n) is 4.46. The third-order valence-electron chi connectivity index (χ3n) is 3.20. The number of hydrogen-bond donors (Lipinski definition) is 0. The van der Waals surface area contributed by atoms with E-state index in [1.807, 2.05) is 6.92 Å². The summed E-state index contributed by atoms with van der Waals surface area (Å²) in [5.41, 5.74) is 0.488. The third kappa shape index (κ3) is 3.56. The van der Waals surface area contributed by atoms with Crippen LogP contribution in [0.25, 0.3) is 0 Å². The van der Waals surface area contributed by atoms with Gasteiger partial charge >= 0.3 is 0 Å². The van der Waals surface area contributed by atoms with Crippen molar-refractivity contribution in [1.29, 1.82) is 0 Å². The second kappa shape index (κ2) is 7.14. The van der Waals surface area contributed by atoms with Gasteiger partial charge in [-0.15, -0.1) is 0 Å². The highest BCUT2D eigenvalue weighted by atomic mass is 19.1. The quantitative estimate of drug-likeness (QED) is 0.679. The maximum absolute atomic E-state index is 13.1. The first-order chi connectivity index (χ1) is 8.63. The van der Waals surface area contributed by atoms with Crippen molar-refractivity contribution in [2.75, 3.05) is 7.11 Å². The molecule has 0 aliphatic carbocycles. The van der Waals surface area contributed by atoms with Crippen LogP contribution in [-0.4, -0.2) is 12.9 Å². The summed E-state index contributed by atoms with van der Waals surface area (Å²) in [4.78, 5) is 12.4. The fourth-order valence-electron chi connectivity index (χ4n) is 2.06. The van der Waals surface area contributed by atoms with Crippen LogP contribution in [0.3, 0.4) is 0 Å². The topological polar surface area (TPSA) is 26.3 Å².